The van der Waals surface area contributed by atoms with Crippen LogP contribution in [0.15, 0.2) is 18.2 Å². The molecule has 138 valence electrons. The number of ether oxygens (including phenoxy) is 1. The zero-order valence-corrected chi connectivity index (χ0v) is 14.8. The number of amides is 3. The molecular formula is C16H23ClN4O4. The summed E-state index contributed by atoms with van der Waals surface area (Å²) < 4.78 is 4.75. The van der Waals surface area contributed by atoms with Crippen molar-refractivity contribution in [3.8, 4) is 0 Å². The predicted octanol–water partition coefficient (Wildman–Crippen LogP) is 1.16. The van der Waals surface area contributed by atoms with Crippen LogP contribution in [-0.2, 0) is 9.53 Å². The third kappa shape index (κ3) is 6.17. The number of nitrogens with one attached hydrogen (secondary N) is 4. The summed E-state index contributed by atoms with van der Waals surface area (Å²) in [5.41, 5.74) is -0.116. The number of β-amino-alcohol motifs (C(OH)–C–C–N with tert-alkyl or cyclic N) is 1. The molecule has 1 heterocycles. The summed E-state index contributed by atoms with van der Waals surface area (Å²) in [5, 5.41) is 21.7. The number of anilines is 2. The highest BCUT2D eigenvalue weighted by Crippen LogP contribution is 2.25. The van der Waals surface area contributed by atoms with E-state index in [9.17, 15) is 14.7 Å². The van der Waals surface area contributed by atoms with Gasteiger partial charge in [0.1, 0.15) is 6.61 Å². The molecule has 0 spiro atoms. The van der Waals surface area contributed by atoms with Crippen LogP contribution in [0.5, 0.6) is 0 Å². The highest BCUT2D eigenvalue weighted by Gasteiger charge is 2.29. The Kier molecular flexibility index (Phi) is 7.01. The van der Waals surface area contributed by atoms with Crippen LogP contribution in [0.1, 0.15) is 12.8 Å². The van der Waals surface area contributed by atoms with Crippen molar-refractivity contribution in [2.45, 2.75) is 18.4 Å². The molecule has 2 rings (SSSR count). The van der Waals surface area contributed by atoms with Gasteiger partial charge in [0, 0.05) is 25.9 Å². The van der Waals surface area contributed by atoms with E-state index in [1.54, 1.807) is 18.2 Å². The van der Waals surface area contributed by atoms with E-state index in [4.69, 9.17) is 16.3 Å². The number of hydrogen-bond acceptors (Lipinski definition) is 5. The zero-order valence-electron chi connectivity index (χ0n) is 14.0. The van der Waals surface area contributed by atoms with Gasteiger partial charge in [-0.15, -0.1) is 0 Å². The summed E-state index contributed by atoms with van der Waals surface area (Å²) in [4.78, 5) is 23.6. The normalized spacial score (nSPS) is 20.0. The molecule has 1 atom stereocenters. The molecule has 0 bridgehead atoms. The maximum atomic E-state index is 12.1. The van der Waals surface area contributed by atoms with Gasteiger partial charge in [0.15, 0.2) is 0 Å². The summed E-state index contributed by atoms with van der Waals surface area (Å²) in [6.45, 7) is 1.37. The Hall–Kier alpha value is -1.87. The largest absolute Gasteiger partial charge is 0.387 e. The third-order valence-corrected chi connectivity index (χ3v) is 4.13. The van der Waals surface area contributed by atoms with E-state index in [0.717, 1.165) is 13.0 Å². The Morgan fingerprint density at radius 1 is 1.40 bits per heavy atom. The third-order valence-electron chi connectivity index (χ3n) is 3.80. The number of methoxy groups -OCH3 is 1. The molecule has 9 heteroatoms. The van der Waals surface area contributed by atoms with Crippen molar-refractivity contribution in [3.63, 3.8) is 0 Å². The van der Waals surface area contributed by atoms with Gasteiger partial charge in [0.25, 0.3) is 0 Å². The molecule has 0 unspecified atom stereocenters. The van der Waals surface area contributed by atoms with E-state index in [0.29, 0.717) is 29.4 Å². The van der Waals surface area contributed by atoms with Crippen LogP contribution in [0.25, 0.3) is 0 Å². The lowest BCUT2D eigenvalue weighted by atomic mass is 9.94. The van der Waals surface area contributed by atoms with Crippen LogP contribution < -0.4 is 21.3 Å². The quantitative estimate of drug-likeness (QED) is 0.516. The topological polar surface area (TPSA) is 112 Å². The van der Waals surface area contributed by atoms with Gasteiger partial charge in [-0.2, -0.15) is 0 Å². The maximum Gasteiger partial charge on any atom is 0.319 e. The molecule has 5 N–H and O–H groups in total. The Morgan fingerprint density at radius 2 is 2.20 bits per heavy atom. The number of carbonyl (C=O) groups is 2. The molecule has 1 aromatic carbocycles. The fourth-order valence-corrected chi connectivity index (χ4v) is 2.71. The van der Waals surface area contributed by atoms with Gasteiger partial charge in [-0.3, -0.25) is 4.79 Å². The number of aliphatic hydroxyl groups is 1. The van der Waals surface area contributed by atoms with Crippen LogP contribution in [0.4, 0.5) is 16.2 Å². The predicted molar refractivity (Wildman–Crippen MR) is 96.0 cm³/mol. The second-order valence-corrected chi connectivity index (χ2v) is 6.40. The first kappa shape index (κ1) is 19.5. The van der Waals surface area contributed by atoms with E-state index in [1.807, 2.05) is 0 Å². The molecule has 0 saturated carbocycles. The van der Waals surface area contributed by atoms with Crippen molar-refractivity contribution < 1.29 is 19.4 Å². The van der Waals surface area contributed by atoms with Gasteiger partial charge in [-0.25, -0.2) is 4.79 Å². The number of rotatable bonds is 6. The van der Waals surface area contributed by atoms with Crippen molar-refractivity contribution in [3.05, 3.63) is 23.2 Å². The number of carbonyl (C=O) groups excluding carboxylic acids is 2. The fraction of sp³-hybridized carbons (Fsp3) is 0.500. The van der Waals surface area contributed by atoms with Crippen molar-refractivity contribution in [2.75, 3.05) is 44.0 Å². The first-order chi connectivity index (χ1) is 11.9. The Bertz CT molecular complexity index is 620. The highest BCUT2D eigenvalue weighted by molar-refractivity contribution is 6.33. The lowest BCUT2D eigenvalue weighted by Crippen LogP contribution is -2.53. The molecule has 25 heavy (non-hydrogen) atoms. The van der Waals surface area contributed by atoms with Gasteiger partial charge in [0.2, 0.25) is 5.91 Å². The number of hydrogen-bond donors (Lipinski definition) is 5. The smallest absolute Gasteiger partial charge is 0.319 e. The lowest BCUT2D eigenvalue weighted by molar-refractivity contribution is -0.119. The number of piperidine rings is 1. The SMILES string of the molecule is COCC(=O)Nc1ccc(Cl)c(NC(=O)NC[C@]2(O)CCCNC2)c1. The molecule has 8 nitrogen and oxygen atoms in total. The summed E-state index contributed by atoms with van der Waals surface area (Å²) >= 11 is 6.07. The van der Waals surface area contributed by atoms with Crippen LogP contribution >= 0.6 is 11.6 Å². The number of urea groups is 1. The lowest BCUT2D eigenvalue weighted by Gasteiger charge is -2.32. The van der Waals surface area contributed by atoms with Crippen molar-refractivity contribution in [1.29, 1.82) is 0 Å². The van der Waals surface area contributed by atoms with Crippen LogP contribution in [0, 0.1) is 0 Å². The summed E-state index contributed by atoms with van der Waals surface area (Å²) in [6.07, 6.45) is 1.48. The monoisotopic (exact) mass is 370 g/mol. The summed E-state index contributed by atoms with van der Waals surface area (Å²) in [5.74, 6) is -0.313. The van der Waals surface area contributed by atoms with E-state index >= 15 is 0 Å². The average Bonchev–Trinajstić information content (AvgIpc) is 2.57. The molecule has 3 amide bonds. The van der Waals surface area contributed by atoms with Crippen molar-refractivity contribution in [2.24, 2.45) is 0 Å². The first-order valence-corrected chi connectivity index (χ1v) is 8.36. The van der Waals surface area contributed by atoms with Gasteiger partial charge >= 0.3 is 6.03 Å². The van der Waals surface area contributed by atoms with E-state index in [-0.39, 0.29) is 19.1 Å². The second-order valence-electron chi connectivity index (χ2n) is 5.99. The summed E-state index contributed by atoms with van der Waals surface area (Å²) in [6, 6.07) is 4.25. The molecule has 1 aromatic rings. The van der Waals surface area contributed by atoms with Crippen molar-refractivity contribution in [1.82, 2.24) is 10.6 Å². The van der Waals surface area contributed by atoms with Gasteiger partial charge in [0.05, 0.1) is 16.3 Å². The highest BCUT2D eigenvalue weighted by atomic mass is 35.5. The van der Waals surface area contributed by atoms with E-state index in [2.05, 4.69) is 21.3 Å². The van der Waals surface area contributed by atoms with Crippen molar-refractivity contribution >= 4 is 34.9 Å². The second kappa shape index (κ2) is 9.00. The maximum absolute atomic E-state index is 12.1. The van der Waals surface area contributed by atoms with Crippen LogP contribution in [-0.4, -0.2) is 56.0 Å². The standard InChI is InChI=1S/C16H23ClN4O4/c1-25-8-14(22)20-11-3-4-12(17)13(7-11)21-15(23)19-10-16(24)5-2-6-18-9-16/h3-4,7,18,24H,2,5-6,8-10H2,1H3,(H,20,22)(H2,19,21,23)/t16-/m0/s1. The van der Waals surface area contributed by atoms with Gasteiger partial charge in [-0.1, -0.05) is 11.6 Å². The van der Waals surface area contributed by atoms with E-state index in [1.165, 1.54) is 7.11 Å². The Labute approximate surface area is 151 Å². The molecule has 1 aliphatic heterocycles. The molecule has 1 fully saturated rings. The van der Waals surface area contributed by atoms with E-state index < -0.39 is 11.6 Å². The van der Waals surface area contributed by atoms with Gasteiger partial charge in [-0.05, 0) is 37.6 Å². The Morgan fingerprint density at radius 3 is 2.88 bits per heavy atom. The average molecular weight is 371 g/mol. The summed E-state index contributed by atoms with van der Waals surface area (Å²) in [7, 11) is 1.43. The molecule has 0 aliphatic carbocycles. The fourth-order valence-electron chi connectivity index (χ4n) is 2.54. The minimum atomic E-state index is -0.949. The van der Waals surface area contributed by atoms with Gasteiger partial charge < -0.3 is 31.1 Å². The Balaban J connectivity index is 1.91. The minimum absolute atomic E-state index is 0.0709. The number of halogens is 1. The molecular weight excluding hydrogens is 348 g/mol. The van der Waals surface area contributed by atoms with Crippen LogP contribution in [0.2, 0.25) is 5.02 Å². The molecule has 1 aliphatic rings. The van der Waals surface area contributed by atoms with Crippen LogP contribution in [0.3, 0.4) is 0 Å². The molecule has 1 saturated heterocycles. The zero-order chi connectivity index (χ0) is 18.3. The molecule has 0 aromatic heterocycles. The molecule has 0 radical (unpaired) electrons. The first-order valence-electron chi connectivity index (χ1n) is 7.98. The number of benzene rings is 1. The minimum Gasteiger partial charge on any atom is -0.387 e.